The van der Waals surface area contributed by atoms with Gasteiger partial charge < -0.3 is 15.2 Å². The molecule has 1 amide bonds. The van der Waals surface area contributed by atoms with Gasteiger partial charge in [0.25, 0.3) is 5.91 Å². The second-order valence-corrected chi connectivity index (χ2v) is 6.70. The summed E-state index contributed by atoms with van der Waals surface area (Å²) in [5.74, 6) is -0.996. The molecule has 1 aliphatic carbocycles. The fourth-order valence-electron chi connectivity index (χ4n) is 3.33. The van der Waals surface area contributed by atoms with Crippen molar-refractivity contribution >= 4 is 11.9 Å². The smallest absolute Gasteiger partial charge is 0.337 e. The number of aryl methyl sites for hydroxylation is 1. The van der Waals surface area contributed by atoms with E-state index in [4.69, 9.17) is 9.84 Å². The Balaban J connectivity index is 2.08. The molecule has 6 nitrogen and oxygen atoms in total. The van der Waals surface area contributed by atoms with Crippen LogP contribution >= 0.6 is 0 Å². The molecule has 132 valence electrons. The molecule has 0 aliphatic heterocycles. The van der Waals surface area contributed by atoms with E-state index in [-0.39, 0.29) is 17.0 Å². The maximum atomic E-state index is 12.5. The topological polar surface area (TPSA) is 88.5 Å². The van der Waals surface area contributed by atoms with Gasteiger partial charge in [0.1, 0.15) is 0 Å². The van der Waals surface area contributed by atoms with Crippen molar-refractivity contribution in [1.29, 1.82) is 0 Å². The van der Waals surface area contributed by atoms with Crippen LogP contribution in [0.3, 0.4) is 0 Å². The average Bonchev–Trinajstić information content (AvgIpc) is 2.60. The molecule has 24 heavy (non-hydrogen) atoms. The van der Waals surface area contributed by atoms with Gasteiger partial charge in [-0.3, -0.25) is 9.78 Å². The Morgan fingerprint density at radius 1 is 1.38 bits per heavy atom. The lowest BCUT2D eigenvalue weighted by Crippen LogP contribution is -2.48. The van der Waals surface area contributed by atoms with Crippen LogP contribution in [0, 0.1) is 12.8 Å². The molecule has 0 aromatic carbocycles. The Bertz CT molecular complexity index is 611. The molecule has 0 spiro atoms. The van der Waals surface area contributed by atoms with Gasteiger partial charge in [-0.2, -0.15) is 0 Å². The molecular weight excluding hydrogens is 308 g/mol. The van der Waals surface area contributed by atoms with Crippen LogP contribution in [0.4, 0.5) is 0 Å². The summed E-state index contributed by atoms with van der Waals surface area (Å²) in [7, 11) is 1.68. The first-order valence-electron chi connectivity index (χ1n) is 8.40. The fourth-order valence-corrected chi connectivity index (χ4v) is 3.33. The van der Waals surface area contributed by atoms with Crippen LogP contribution in [0.5, 0.6) is 0 Å². The van der Waals surface area contributed by atoms with Gasteiger partial charge in [0.05, 0.1) is 22.4 Å². The van der Waals surface area contributed by atoms with Crippen molar-refractivity contribution < 1.29 is 19.4 Å². The third-order valence-corrected chi connectivity index (χ3v) is 5.11. The third kappa shape index (κ3) is 4.12. The minimum Gasteiger partial charge on any atom is -0.478 e. The average molecular weight is 334 g/mol. The largest absolute Gasteiger partial charge is 0.478 e. The third-order valence-electron chi connectivity index (χ3n) is 5.11. The number of carbonyl (C=O) groups is 2. The Morgan fingerprint density at radius 3 is 2.62 bits per heavy atom. The van der Waals surface area contributed by atoms with Gasteiger partial charge in [0, 0.05) is 19.9 Å². The summed E-state index contributed by atoms with van der Waals surface area (Å²) in [6, 6.07) is 1.37. The highest BCUT2D eigenvalue weighted by Gasteiger charge is 2.35. The lowest BCUT2D eigenvalue weighted by Gasteiger charge is -2.39. The van der Waals surface area contributed by atoms with Crippen molar-refractivity contribution in [3.05, 3.63) is 29.1 Å². The highest BCUT2D eigenvalue weighted by molar-refractivity contribution is 5.98. The number of aromatic carboxylic acids is 1. The molecule has 6 heteroatoms. The predicted molar refractivity (Wildman–Crippen MR) is 90.3 cm³/mol. The van der Waals surface area contributed by atoms with E-state index in [1.54, 1.807) is 14.0 Å². The lowest BCUT2D eigenvalue weighted by molar-refractivity contribution is -0.0521. The van der Waals surface area contributed by atoms with Gasteiger partial charge in [-0.15, -0.1) is 0 Å². The van der Waals surface area contributed by atoms with Crippen molar-refractivity contribution in [3.8, 4) is 0 Å². The van der Waals surface area contributed by atoms with E-state index in [1.807, 2.05) is 6.92 Å². The highest BCUT2D eigenvalue weighted by atomic mass is 16.5. The second-order valence-electron chi connectivity index (χ2n) is 6.70. The van der Waals surface area contributed by atoms with Crippen LogP contribution in [0.25, 0.3) is 0 Å². The SMILES string of the molecule is COC(C)(CNC(=O)c1cc(C(=O)O)cnc1C)C1CCCCC1. The quantitative estimate of drug-likeness (QED) is 0.835. The van der Waals surface area contributed by atoms with Crippen LogP contribution in [0.2, 0.25) is 0 Å². The summed E-state index contributed by atoms with van der Waals surface area (Å²) in [4.78, 5) is 27.6. The summed E-state index contributed by atoms with van der Waals surface area (Å²) >= 11 is 0. The first kappa shape index (κ1) is 18.4. The van der Waals surface area contributed by atoms with Gasteiger partial charge in [0.15, 0.2) is 0 Å². The van der Waals surface area contributed by atoms with E-state index in [2.05, 4.69) is 10.3 Å². The first-order valence-corrected chi connectivity index (χ1v) is 8.40. The molecule has 1 aromatic rings. The number of amides is 1. The van der Waals surface area contributed by atoms with E-state index >= 15 is 0 Å². The molecule has 2 N–H and O–H groups in total. The normalized spacial score (nSPS) is 18.0. The van der Waals surface area contributed by atoms with Crippen molar-refractivity contribution in [2.24, 2.45) is 5.92 Å². The number of aromatic nitrogens is 1. The van der Waals surface area contributed by atoms with Crippen LogP contribution < -0.4 is 5.32 Å². The Labute approximate surface area is 142 Å². The zero-order valence-electron chi connectivity index (χ0n) is 14.6. The van der Waals surface area contributed by atoms with Crippen molar-refractivity contribution in [2.45, 2.75) is 51.6 Å². The number of nitrogens with zero attached hydrogens (tertiary/aromatic N) is 1. The number of nitrogens with one attached hydrogen (secondary N) is 1. The van der Waals surface area contributed by atoms with Crippen molar-refractivity contribution in [1.82, 2.24) is 10.3 Å². The van der Waals surface area contributed by atoms with Gasteiger partial charge in [-0.05, 0) is 38.7 Å². The van der Waals surface area contributed by atoms with Gasteiger partial charge in [-0.1, -0.05) is 19.3 Å². The molecule has 1 atom stereocenters. The Kier molecular flexibility index (Phi) is 5.94. The molecular formula is C18H26N2O4. The van der Waals surface area contributed by atoms with Crippen LogP contribution in [0.1, 0.15) is 65.4 Å². The van der Waals surface area contributed by atoms with E-state index in [1.165, 1.54) is 31.5 Å². The Hall–Kier alpha value is -1.95. The number of hydrogen-bond acceptors (Lipinski definition) is 4. The molecule has 0 bridgehead atoms. The maximum absolute atomic E-state index is 12.5. The molecule has 1 saturated carbocycles. The van der Waals surface area contributed by atoms with Crippen LogP contribution in [0.15, 0.2) is 12.3 Å². The van der Waals surface area contributed by atoms with Crippen LogP contribution in [-0.4, -0.2) is 41.2 Å². The molecule has 1 heterocycles. The minimum atomic E-state index is -1.10. The van der Waals surface area contributed by atoms with Gasteiger partial charge in [-0.25, -0.2) is 4.79 Å². The molecule has 1 fully saturated rings. The second kappa shape index (κ2) is 7.75. The summed E-state index contributed by atoms with van der Waals surface area (Å²) in [5.41, 5.74) is 0.390. The molecule has 2 rings (SSSR count). The number of rotatable bonds is 6. The fraction of sp³-hybridized carbons (Fsp3) is 0.611. The van der Waals surface area contributed by atoms with E-state index < -0.39 is 11.6 Å². The summed E-state index contributed by atoms with van der Waals surface area (Å²) < 4.78 is 5.73. The number of carboxylic acids is 1. The van der Waals surface area contributed by atoms with Gasteiger partial charge in [0.2, 0.25) is 0 Å². The number of carboxylic acid groups (broad SMARTS) is 1. The Morgan fingerprint density at radius 2 is 2.04 bits per heavy atom. The standard InChI is InChI=1S/C18H26N2O4/c1-12-15(9-13(10-19-12)17(22)23)16(21)20-11-18(2,24-3)14-7-5-4-6-8-14/h9-10,14H,4-8,11H2,1-3H3,(H,20,21)(H,22,23). The van der Waals surface area contributed by atoms with E-state index in [0.717, 1.165) is 12.8 Å². The summed E-state index contributed by atoms with van der Waals surface area (Å²) in [6.45, 7) is 4.11. The minimum absolute atomic E-state index is 0.00698. The van der Waals surface area contributed by atoms with E-state index in [0.29, 0.717) is 18.2 Å². The number of carbonyl (C=O) groups excluding carboxylic acids is 1. The molecule has 1 aliphatic rings. The monoisotopic (exact) mass is 334 g/mol. The van der Waals surface area contributed by atoms with Crippen LogP contribution in [-0.2, 0) is 4.74 Å². The van der Waals surface area contributed by atoms with E-state index in [9.17, 15) is 9.59 Å². The predicted octanol–water partition coefficient (Wildman–Crippen LogP) is 2.80. The number of ether oxygens (including phenoxy) is 1. The molecule has 1 aromatic heterocycles. The summed E-state index contributed by atoms with van der Waals surface area (Å²) in [6.07, 6.45) is 7.12. The number of methoxy groups -OCH3 is 1. The molecule has 0 saturated heterocycles. The first-order chi connectivity index (χ1) is 11.4. The van der Waals surface area contributed by atoms with Crippen molar-refractivity contribution in [2.75, 3.05) is 13.7 Å². The highest BCUT2D eigenvalue weighted by Crippen LogP contribution is 2.34. The zero-order chi connectivity index (χ0) is 17.7. The number of pyridine rings is 1. The zero-order valence-corrected chi connectivity index (χ0v) is 14.6. The van der Waals surface area contributed by atoms with Crippen molar-refractivity contribution in [3.63, 3.8) is 0 Å². The maximum Gasteiger partial charge on any atom is 0.337 e. The molecule has 0 radical (unpaired) electrons. The summed E-state index contributed by atoms with van der Waals surface area (Å²) in [5, 5.41) is 12.0. The molecule has 1 unspecified atom stereocenters. The van der Waals surface area contributed by atoms with Gasteiger partial charge >= 0.3 is 5.97 Å². The number of hydrogen-bond donors (Lipinski definition) is 2. The lowest BCUT2D eigenvalue weighted by atomic mass is 9.77.